The molecule has 1 aliphatic rings. The molecule has 76 valence electrons. The molecule has 0 aromatic heterocycles. The molecular formula is C9H18N2O2. The quantitative estimate of drug-likeness (QED) is 0.659. The average molecular weight is 186 g/mol. The van der Waals surface area contributed by atoms with Crippen LogP contribution < -0.4 is 5.32 Å². The molecule has 4 heteroatoms. The van der Waals surface area contributed by atoms with Gasteiger partial charge in [0.2, 0.25) is 0 Å². The second kappa shape index (κ2) is 4.46. The molecule has 4 nitrogen and oxygen atoms in total. The zero-order chi connectivity index (χ0) is 9.84. The highest BCUT2D eigenvalue weighted by molar-refractivity contribution is 5.68. The van der Waals surface area contributed by atoms with E-state index in [0.29, 0.717) is 6.04 Å². The maximum Gasteiger partial charge on any atom is 0.409 e. The number of hydrogen-bond donors (Lipinski definition) is 1. The average Bonchev–Trinajstić information content (AvgIpc) is 2.17. The van der Waals surface area contributed by atoms with Gasteiger partial charge in [-0.05, 0) is 26.8 Å². The first-order valence-corrected chi connectivity index (χ1v) is 4.72. The summed E-state index contributed by atoms with van der Waals surface area (Å²) in [5.74, 6) is 0. The molecule has 0 aromatic rings. The van der Waals surface area contributed by atoms with Crippen molar-refractivity contribution in [3.8, 4) is 0 Å². The Morgan fingerprint density at radius 3 is 2.85 bits per heavy atom. The van der Waals surface area contributed by atoms with Crippen LogP contribution in [0.25, 0.3) is 0 Å². The van der Waals surface area contributed by atoms with Crippen molar-refractivity contribution in [2.24, 2.45) is 0 Å². The van der Waals surface area contributed by atoms with Gasteiger partial charge >= 0.3 is 6.09 Å². The summed E-state index contributed by atoms with van der Waals surface area (Å²) >= 11 is 0. The topological polar surface area (TPSA) is 41.6 Å². The van der Waals surface area contributed by atoms with Crippen LogP contribution in [0.4, 0.5) is 4.79 Å². The predicted octanol–water partition coefficient (Wildman–Crippen LogP) is 0.825. The van der Waals surface area contributed by atoms with Crippen LogP contribution in [0.15, 0.2) is 0 Å². The van der Waals surface area contributed by atoms with Crippen molar-refractivity contribution in [3.05, 3.63) is 0 Å². The molecule has 1 heterocycles. The van der Waals surface area contributed by atoms with Gasteiger partial charge in [0.1, 0.15) is 0 Å². The van der Waals surface area contributed by atoms with Gasteiger partial charge < -0.3 is 15.0 Å². The summed E-state index contributed by atoms with van der Waals surface area (Å²) in [5, 5.41) is 3.21. The van der Waals surface area contributed by atoms with E-state index < -0.39 is 0 Å². The third-order valence-corrected chi connectivity index (χ3v) is 2.77. The van der Waals surface area contributed by atoms with Gasteiger partial charge in [-0.25, -0.2) is 4.79 Å². The number of ether oxygens (including phenoxy) is 1. The van der Waals surface area contributed by atoms with E-state index in [1.807, 2.05) is 7.05 Å². The van der Waals surface area contributed by atoms with Crippen LogP contribution in [-0.2, 0) is 4.74 Å². The third kappa shape index (κ3) is 2.12. The normalized spacial score (nSPS) is 28.7. The number of nitrogens with one attached hydrogen (secondary N) is 1. The summed E-state index contributed by atoms with van der Waals surface area (Å²) in [6, 6.07) is 0.624. The molecule has 0 bridgehead atoms. The van der Waals surface area contributed by atoms with Gasteiger partial charge in [0.15, 0.2) is 0 Å². The summed E-state index contributed by atoms with van der Waals surface area (Å²) in [6.45, 7) is 2.86. The minimum absolute atomic E-state index is 0.215. The molecule has 13 heavy (non-hydrogen) atoms. The number of methoxy groups -OCH3 is 1. The Morgan fingerprint density at radius 2 is 2.31 bits per heavy atom. The SMILES string of the molecule is CNC1CCCN(C(=O)OC)C1C. The highest BCUT2D eigenvalue weighted by Gasteiger charge is 2.30. The first kappa shape index (κ1) is 10.3. The van der Waals surface area contributed by atoms with Gasteiger partial charge in [0.05, 0.1) is 7.11 Å². The smallest absolute Gasteiger partial charge is 0.409 e. The summed E-state index contributed by atoms with van der Waals surface area (Å²) in [5.41, 5.74) is 0. The van der Waals surface area contributed by atoms with Crippen molar-refractivity contribution in [1.29, 1.82) is 0 Å². The van der Waals surface area contributed by atoms with Gasteiger partial charge in [-0.2, -0.15) is 0 Å². The fraction of sp³-hybridized carbons (Fsp3) is 0.889. The summed E-state index contributed by atoms with van der Waals surface area (Å²) in [4.78, 5) is 13.1. The monoisotopic (exact) mass is 186 g/mol. The number of nitrogens with zero attached hydrogens (tertiary/aromatic N) is 1. The summed E-state index contributed by atoms with van der Waals surface area (Å²) in [7, 11) is 3.36. The number of likely N-dealkylation sites (N-methyl/N-ethyl adjacent to an activating group) is 1. The van der Waals surface area contributed by atoms with Gasteiger partial charge in [0.25, 0.3) is 0 Å². The van der Waals surface area contributed by atoms with E-state index in [2.05, 4.69) is 12.2 Å². The zero-order valence-electron chi connectivity index (χ0n) is 8.54. The third-order valence-electron chi connectivity index (χ3n) is 2.77. The van der Waals surface area contributed by atoms with Crippen molar-refractivity contribution in [2.75, 3.05) is 20.7 Å². The summed E-state index contributed by atoms with van der Waals surface area (Å²) in [6.07, 6.45) is 1.96. The standard InChI is InChI=1S/C9H18N2O2/c1-7-8(10-2)5-4-6-11(7)9(12)13-3/h7-8,10H,4-6H2,1-3H3. The Bertz CT molecular complexity index is 184. The molecule has 1 N–H and O–H groups in total. The fourth-order valence-corrected chi connectivity index (χ4v) is 1.90. The Kier molecular flexibility index (Phi) is 3.54. The van der Waals surface area contributed by atoms with Crippen molar-refractivity contribution in [1.82, 2.24) is 10.2 Å². The molecule has 0 aliphatic carbocycles. The maximum atomic E-state index is 11.3. The number of piperidine rings is 1. The first-order valence-electron chi connectivity index (χ1n) is 4.72. The highest BCUT2D eigenvalue weighted by atomic mass is 16.5. The number of amides is 1. The van der Waals surface area contributed by atoms with Crippen LogP contribution in [0.5, 0.6) is 0 Å². The summed E-state index contributed by atoms with van der Waals surface area (Å²) < 4.78 is 4.71. The van der Waals surface area contributed by atoms with E-state index in [0.717, 1.165) is 19.4 Å². The molecule has 2 atom stereocenters. The number of hydrogen-bond acceptors (Lipinski definition) is 3. The van der Waals surface area contributed by atoms with Gasteiger partial charge in [-0.1, -0.05) is 0 Å². The molecular weight excluding hydrogens is 168 g/mol. The van der Waals surface area contributed by atoms with Crippen LogP contribution in [0.3, 0.4) is 0 Å². The molecule has 2 unspecified atom stereocenters. The minimum atomic E-state index is -0.215. The number of likely N-dealkylation sites (tertiary alicyclic amines) is 1. The van der Waals surface area contributed by atoms with Crippen molar-refractivity contribution in [3.63, 3.8) is 0 Å². The zero-order valence-corrected chi connectivity index (χ0v) is 8.54. The highest BCUT2D eigenvalue weighted by Crippen LogP contribution is 2.17. The number of rotatable bonds is 1. The van der Waals surface area contributed by atoms with Gasteiger partial charge in [-0.15, -0.1) is 0 Å². The Hall–Kier alpha value is -0.770. The lowest BCUT2D eigenvalue weighted by atomic mass is 9.98. The van der Waals surface area contributed by atoms with Crippen molar-refractivity contribution >= 4 is 6.09 Å². The van der Waals surface area contributed by atoms with Crippen LogP contribution >= 0.6 is 0 Å². The molecule has 0 aromatic carbocycles. The van der Waals surface area contributed by atoms with Gasteiger partial charge in [0, 0.05) is 18.6 Å². The predicted molar refractivity (Wildman–Crippen MR) is 50.7 cm³/mol. The van der Waals surface area contributed by atoms with Crippen molar-refractivity contribution in [2.45, 2.75) is 31.8 Å². The first-order chi connectivity index (χ1) is 6.20. The lowest BCUT2D eigenvalue weighted by molar-refractivity contribution is 0.0826. The van der Waals surface area contributed by atoms with Crippen molar-refractivity contribution < 1.29 is 9.53 Å². The lowest BCUT2D eigenvalue weighted by Crippen LogP contribution is -2.53. The van der Waals surface area contributed by atoms with E-state index in [4.69, 9.17) is 4.74 Å². The van der Waals surface area contributed by atoms with E-state index in [1.165, 1.54) is 7.11 Å². The van der Waals surface area contributed by atoms with E-state index in [1.54, 1.807) is 4.90 Å². The Morgan fingerprint density at radius 1 is 1.62 bits per heavy atom. The minimum Gasteiger partial charge on any atom is -0.453 e. The molecule has 1 amide bonds. The molecule has 0 radical (unpaired) electrons. The molecule has 1 fully saturated rings. The van der Waals surface area contributed by atoms with E-state index in [-0.39, 0.29) is 12.1 Å². The molecule has 0 spiro atoms. The van der Waals surface area contributed by atoms with Crippen LogP contribution in [0, 0.1) is 0 Å². The molecule has 1 aliphatic heterocycles. The van der Waals surface area contributed by atoms with Crippen LogP contribution in [0.2, 0.25) is 0 Å². The van der Waals surface area contributed by atoms with Gasteiger partial charge in [-0.3, -0.25) is 0 Å². The second-order valence-electron chi connectivity index (χ2n) is 3.44. The number of carbonyl (C=O) groups excluding carboxylic acids is 1. The van der Waals surface area contributed by atoms with E-state index in [9.17, 15) is 4.79 Å². The Balaban J connectivity index is 2.59. The lowest BCUT2D eigenvalue weighted by Gasteiger charge is -2.38. The molecule has 0 saturated carbocycles. The largest absolute Gasteiger partial charge is 0.453 e. The number of carbonyl (C=O) groups is 1. The molecule has 1 saturated heterocycles. The van der Waals surface area contributed by atoms with Crippen LogP contribution in [0.1, 0.15) is 19.8 Å². The van der Waals surface area contributed by atoms with Crippen LogP contribution in [-0.4, -0.2) is 43.8 Å². The Labute approximate surface area is 79.2 Å². The second-order valence-corrected chi connectivity index (χ2v) is 3.44. The molecule has 1 rings (SSSR count). The fourth-order valence-electron chi connectivity index (χ4n) is 1.90. The van der Waals surface area contributed by atoms with E-state index >= 15 is 0 Å². The maximum absolute atomic E-state index is 11.3.